The van der Waals surface area contributed by atoms with Gasteiger partial charge in [-0.05, 0) is 24.3 Å². The zero-order valence-electron chi connectivity index (χ0n) is 15.1. The molecule has 1 heterocycles. The van der Waals surface area contributed by atoms with Crippen molar-refractivity contribution < 1.29 is 9.59 Å². The standard InChI is InChI=1S/C20H24N4O2S/c21-19(25)15-27-18-9-5-4-8-17(18)22-14-20(26)24-12-10-23(11-13-24)16-6-2-1-3-7-16/h1-9,22H,10-15H2,(H2,21,25). The number of nitrogens with one attached hydrogen (secondary N) is 1. The third-order valence-corrected chi connectivity index (χ3v) is 5.54. The normalized spacial score (nSPS) is 14.1. The number of primary amides is 1. The van der Waals surface area contributed by atoms with E-state index in [1.807, 2.05) is 47.4 Å². The van der Waals surface area contributed by atoms with Crippen molar-refractivity contribution in [2.75, 3.05) is 48.7 Å². The predicted molar refractivity (Wildman–Crippen MR) is 110 cm³/mol. The number of piperazine rings is 1. The summed E-state index contributed by atoms with van der Waals surface area (Å²) in [5, 5.41) is 3.20. The monoisotopic (exact) mass is 384 g/mol. The number of carbonyl (C=O) groups excluding carboxylic acids is 2. The predicted octanol–water partition coefficient (Wildman–Crippen LogP) is 2.02. The summed E-state index contributed by atoms with van der Waals surface area (Å²) >= 11 is 1.37. The van der Waals surface area contributed by atoms with Crippen molar-refractivity contribution in [3.63, 3.8) is 0 Å². The van der Waals surface area contributed by atoms with Crippen LogP contribution < -0.4 is 16.0 Å². The Morgan fingerprint density at radius 3 is 2.33 bits per heavy atom. The Labute approximate surface area is 163 Å². The fourth-order valence-electron chi connectivity index (χ4n) is 3.02. The molecule has 6 nitrogen and oxygen atoms in total. The summed E-state index contributed by atoms with van der Waals surface area (Å²) in [6, 6.07) is 17.9. The van der Waals surface area contributed by atoms with Crippen molar-refractivity contribution in [2.24, 2.45) is 5.73 Å². The molecule has 2 aromatic rings. The van der Waals surface area contributed by atoms with Gasteiger partial charge >= 0.3 is 0 Å². The van der Waals surface area contributed by atoms with Gasteiger partial charge < -0.3 is 20.9 Å². The highest BCUT2D eigenvalue weighted by Crippen LogP contribution is 2.26. The molecule has 7 heteroatoms. The summed E-state index contributed by atoms with van der Waals surface area (Å²) in [7, 11) is 0. The molecule has 142 valence electrons. The van der Waals surface area contributed by atoms with Crippen molar-refractivity contribution >= 4 is 35.0 Å². The maximum atomic E-state index is 12.6. The minimum Gasteiger partial charge on any atom is -0.375 e. The zero-order valence-corrected chi connectivity index (χ0v) is 16.0. The van der Waals surface area contributed by atoms with Crippen molar-refractivity contribution in [1.82, 2.24) is 4.90 Å². The molecule has 2 amide bonds. The molecule has 0 spiro atoms. The van der Waals surface area contributed by atoms with E-state index in [1.165, 1.54) is 17.4 Å². The first-order valence-electron chi connectivity index (χ1n) is 8.95. The van der Waals surface area contributed by atoms with E-state index in [9.17, 15) is 9.59 Å². The van der Waals surface area contributed by atoms with E-state index >= 15 is 0 Å². The molecule has 0 saturated carbocycles. The van der Waals surface area contributed by atoms with Crippen molar-refractivity contribution in [2.45, 2.75) is 4.90 Å². The highest BCUT2D eigenvalue weighted by molar-refractivity contribution is 8.00. The molecule has 3 rings (SSSR count). The van der Waals surface area contributed by atoms with E-state index in [1.54, 1.807) is 0 Å². The number of anilines is 2. The molecular weight excluding hydrogens is 360 g/mol. The topological polar surface area (TPSA) is 78.7 Å². The smallest absolute Gasteiger partial charge is 0.241 e. The molecule has 1 fully saturated rings. The van der Waals surface area contributed by atoms with Gasteiger partial charge in [-0.1, -0.05) is 30.3 Å². The molecule has 1 saturated heterocycles. The van der Waals surface area contributed by atoms with Crippen LogP contribution in [-0.2, 0) is 9.59 Å². The summed E-state index contributed by atoms with van der Waals surface area (Å²) in [4.78, 5) is 28.7. The Hall–Kier alpha value is -2.67. The molecule has 2 aromatic carbocycles. The Bertz CT molecular complexity index is 777. The average Bonchev–Trinajstić information content (AvgIpc) is 2.72. The van der Waals surface area contributed by atoms with Crippen molar-refractivity contribution in [1.29, 1.82) is 0 Å². The van der Waals surface area contributed by atoms with Crippen LogP contribution in [0.15, 0.2) is 59.5 Å². The van der Waals surface area contributed by atoms with Gasteiger partial charge in [0.15, 0.2) is 0 Å². The lowest BCUT2D eigenvalue weighted by molar-refractivity contribution is -0.129. The van der Waals surface area contributed by atoms with Gasteiger partial charge in [0, 0.05) is 42.4 Å². The second-order valence-corrected chi connectivity index (χ2v) is 7.33. The molecule has 27 heavy (non-hydrogen) atoms. The summed E-state index contributed by atoms with van der Waals surface area (Å²) in [6.07, 6.45) is 0. The summed E-state index contributed by atoms with van der Waals surface area (Å²) in [6.45, 7) is 3.34. The van der Waals surface area contributed by atoms with Crippen LogP contribution >= 0.6 is 11.8 Å². The fourth-order valence-corrected chi connectivity index (χ4v) is 3.79. The number of carbonyl (C=O) groups is 2. The lowest BCUT2D eigenvalue weighted by atomic mass is 10.2. The van der Waals surface area contributed by atoms with Gasteiger partial charge in [0.25, 0.3) is 0 Å². The van der Waals surface area contributed by atoms with Crippen LogP contribution in [-0.4, -0.2) is 55.2 Å². The average molecular weight is 385 g/mol. The largest absolute Gasteiger partial charge is 0.375 e. The second kappa shape index (κ2) is 9.32. The van der Waals surface area contributed by atoms with E-state index in [2.05, 4.69) is 22.3 Å². The maximum Gasteiger partial charge on any atom is 0.241 e. The SMILES string of the molecule is NC(=O)CSc1ccccc1NCC(=O)N1CCN(c2ccccc2)CC1. The van der Waals surface area contributed by atoms with Gasteiger partial charge in [-0.3, -0.25) is 9.59 Å². The molecule has 0 radical (unpaired) electrons. The third-order valence-electron chi connectivity index (χ3n) is 4.44. The Morgan fingerprint density at radius 2 is 1.63 bits per heavy atom. The van der Waals surface area contributed by atoms with Crippen LogP contribution in [0.5, 0.6) is 0 Å². The summed E-state index contributed by atoms with van der Waals surface area (Å²) < 4.78 is 0. The second-order valence-electron chi connectivity index (χ2n) is 6.31. The molecule has 3 N–H and O–H groups in total. The van der Waals surface area contributed by atoms with E-state index in [0.29, 0.717) is 13.1 Å². The van der Waals surface area contributed by atoms with Crippen LogP contribution in [0.4, 0.5) is 11.4 Å². The van der Waals surface area contributed by atoms with E-state index in [0.717, 1.165) is 23.7 Å². The van der Waals surface area contributed by atoms with Gasteiger partial charge in [-0.2, -0.15) is 0 Å². The van der Waals surface area contributed by atoms with Crippen LogP contribution in [0.3, 0.4) is 0 Å². The van der Waals surface area contributed by atoms with E-state index in [4.69, 9.17) is 5.73 Å². The first-order chi connectivity index (χ1) is 13.1. The molecule has 0 aliphatic carbocycles. The lowest BCUT2D eigenvalue weighted by Gasteiger charge is -2.36. The van der Waals surface area contributed by atoms with Gasteiger partial charge in [0.1, 0.15) is 0 Å². The zero-order chi connectivity index (χ0) is 19.1. The highest BCUT2D eigenvalue weighted by Gasteiger charge is 2.21. The molecule has 0 unspecified atom stereocenters. The minimum atomic E-state index is -0.359. The van der Waals surface area contributed by atoms with Crippen LogP contribution in [0.1, 0.15) is 0 Å². The van der Waals surface area contributed by atoms with Crippen LogP contribution in [0.25, 0.3) is 0 Å². The number of hydrogen-bond acceptors (Lipinski definition) is 5. The van der Waals surface area contributed by atoms with Crippen LogP contribution in [0, 0.1) is 0 Å². The molecule has 1 aliphatic heterocycles. The summed E-state index contributed by atoms with van der Waals surface area (Å²) in [5.74, 6) is -0.0618. The van der Waals surface area contributed by atoms with E-state index < -0.39 is 0 Å². The van der Waals surface area contributed by atoms with Gasteiger partial charge in [-0.25, -0.2) is 0 Å². The number of nitrogens with two attached hydrogens (primary N) is 1. The van der Waals surface area contributed by atoms with Crippen molar-refractivity contribution in [3.05, 3.63) is 54.6 Å². The van der Waals surface area contributed by atoms with Gasteiger partial charge in [0.2, 0.25) is 11.8 Å². The molecule has 1 aliphatic rings. The number of thioether (sulfide) groups is 1. The van der Waals surface area contributed by atoms with E-state index in [-0.39, 0.29) is 24.1 Å². The minimum absolute atomic E-state index is 0.0809. The third kappa shape index (κ3) is 5.40. The highest BCUT2D eigenvalue weighted by atomic mass is 32.2. The Kier molecular flexibility index (Phi) is 6.59. The lowest BCUT2D eigenvalue weighted by Crippen LogP contribution is -2.50. The quantitative estimate of drug-likeness (QED) is 0.714. The number of amides is 2. The molecule has 0 aromatic heterocycles. The number of benzene rings is 2. The number of para-hydroxylation sites is 2. The Balaban J connectivity index is 1.50. The molecule has 0 bridgehead atoms. The van der Waals surface area contributed by atoms with Crippen LogP contribution in [0.2, 0.25) is 0 Å². The van der Waals surface area contributed by atoms with Gasteiger partial charge in [0.05, 0.1) is 12.3 Å². The molecule has 0 atom stereocenters. The van der Waals surface area contributed by atoms with Crippen molar-refractivity contribution in [3.8, 4) is 0 Å². The van der Waals surface area contributed by atoms with Gasteiger partial charge in [-0.15, -0.1) is 11.8 Å². The fraction of sp³-hybridized carbons (Fsp3) is 0.300. The Morgan fingerprint density at radius 1 is 0.963 bits per heavy atom. The first kappa shape index (κ1) is 19.1. The number of rotatable bonds is 7. The first-order valence-corrected chi connectivity index (χ1v) is 9.94. The maximum absolute atomic E-state index is 12.6. The molecular formula is C20H24N4O2S. The number of hydrogen-bond donors (Lipinski definition) is 2. The summed E-state index contributed by atoms with van der Waals surface area (Å²) in [5.41, 5.74) is 7.26. The number of nitrogens with zero attached hydrogens (tertiary/aromatic N) is 2.